The van der Waals surface area contributed by atoms with Crippen LogP contribution in [0.25, 0.3) is 0 Å². The zero-order chi connectivity index (χ0) is 14.7. The van der Waals surface area contributed by atoms with Gasteiger partial charge in [0.25, 0.3) is 0 Å². The molecule has 1 saturated carbocycles. The van der Waals surface area contributed by atoms with Gasteiger partial charge in [-0.15, -0.1) is 0 Å². The molecule has 1 aromatic carbocycles. The van der Waals surface area contributed by atoms with Crippen LogP contribution < -0.4 is 4.90 Å². The van der Waals surface area contributed by atoms with Gasteiger partial charge >= 0.3 is 0 Å². The van der Waals surface area contributed by atoms with E-state index in [2.05, 4.69) is 28.1 Å². The maximum absolute atomic E-state index is 12.8. The summed E-state index contributed by atoms with van der Waals surface area (Å²) in [7, 11) is 0. The molecule has 1 heterocycles. The van der Waals surface area contributed by atoms with Gasteiger partial charge in [-0.1, -0.05) is 23.8 Å². The maximum Gasteiger partial charge on any atom is 0.238 e. The van der Waals surface area contributed by atoms with E-state index in [4.69, 9.17) is 11.6 Å². The van der Waals surface area contributed by atoms with Gasteiger partial charge < -0.3 is 0 Å². The normalized spacial score (nSPS) is 33.7. The molecule has 0 radical (unpaired) electrons. The molecule has 1 aliphatic heterocycles. The Bertz CT molecular complexity index is 655. The Labute approximate surface area is 136 Å². The van der Waals surface area contributed by atoms with Crippen LogP contribution in [-0.2, 0) is 9.59 Å². The predicted octanol–water partition coefficient (Wildman–Crippen LogP) is 3.80. The van der Waals surface area contributed by atoms with Crippen LogP contribution in [0.3, 0.4) is 0 Å². The van der Waals surface area contributed by atoms with Crippen molar-refractivity contribution < 1.29 is 9.59 Å². The average Bonchev–Trinajstić information content (AvgIpc) is 2.78. The van der Waals surface area contributed by atoms with E-state index in [0.29, 0.717) is 10.7 Å². The lowest BCUT2D eigenvalue weighted by Gasteiger charge is -2.38. The van der Waals surface area contributed by atoms with Crippen molar-refractivity contribution in [3.63, 3.8) is 0 Å². The fourth-order valence-corrected chi connectivity index (χ4v) is 4.37. The Morgan fingerprint density at radius 3 is 2.10 bits per heavy atom. The number of carbonyl (C=O) groups excluding carboxylic acids is 2. The van der Waals surface area contributed by atoms with E-state index >= 15 is 0 Å². The summed E-state index contributed by atoms with van der Waals surface area (Å²) in [5.74, 6) is -0.0584. The largest absolute Gasteiger partial charge is 0.274 e. The molecule has 1 aromatic rings. The molecule has 2 amide bonds. The van der Waals surface area contributed by atoms with Crippen LogP contribution in [0.5, 0.6) is 0 Å². The molecule has 108 valence electrons. The van der Waals surface area contributed by atoms with E-state index in [-0.39, 0.29) is 35.5 Å². The molecule has 5 heteroatoms. The lowest BCUT2D eigenvalue weighted by Crippen LogP contribution is -2.38. The number of nitrogens with zero attached hydrogens (tertiary/aromatic N) is 1. The molecule has 0 aromatic heterocycles. The Morgan fingerprint density at radius 2 is 1.62 bits per heavy atom. The third-order valence-electron chi connectivity index (χ3n) is 4.92. The minimum atomic E-state index is -0.177. The first-order valence-electron chi connectivity index (χ1n) is 7.09. The smallest absolute Gasteiger partial charge is 0.238 e. The van der Waals surface area contributed by atoms with E-state index in [1.807, 2.05) is 0 Å². The van der Waals surface area contributed by atoms with Crippen molar-refractivity contribution in [1.82, 2.24) is 0 Å². The lowest BCUT2D eigenvalue weighted by molar-refractivity contribution is -0.124. The van der Waals surface area contributed by atoms with E-state index in [9.17, 15) is 9.59 Å². The van der Waals surface area contributed by atoms with E-state index in [1.54, 1.807) is 18.2 Å². The summed E-state index contributed by atoms with van der Waals surface area (Å²) in [6, 6.07) is 5.21. The van der Waals surface area contributed by atoms with Gasteiger partial charge in [0.1, 0.15) is 0 Å². The molecular formula is C16H13BrClNO2. The zero-order valence-electron chi connectivity index (χ0n) is 11.1. The molecule has 4 atom stereocenters. The summed E-state index contributed by atoms with van der Waals surface area (Å²) in [5, 5.41) is 0.504. The van der Waals surface area contributed by atoms with Crippen molar-refractivity contribution in [3.8, 4) is 0 Å². The number of allylic oxidation sites excluding steroid dienone is 2. The molecule has 0 N–H and O–H groups in total. The van der Waals surface area contributed by atoms with Crippen molar-refractivity contribution in [2.24, 2.45) is 23.7 Å². The number of fused-ring (bicyclic) bond motifs is 1. The van der Waals surface area contributed by atoms with Crippen LogP contribution in [0.4, 0.5) is 5.69 Å². The molecule has 3 nitrogen and oxygen atoms in total. The van der Waals surface area contributed by atoms with Gasteiger partial charge in [0.15, 0.2) is 0 Å². The molecule has 2 bridgehead atoms. The first kappa shape index (κ1) is 13.5. The second-order valence-electron chi connectivity index (χ2n) is 5.95. The van der Waals surface area contributed by atoms with Crippen molar-refractivity contribution in [3.05, 3.63) is 39.8 Å². The molecule has 2 fully saturated rings. The molecule has 5 rings (SSSR count). The van der Waals surface area contributed by atoms with Crippen molar-refractivity contribution in [1.29, 1.82) is 0 Å². The highest BCUT2D eigenvalue weighted by atomic mass is 79.9. The quantitative estimate of drug-likeness (QED) is 0.560. The summed E-state index contributed by atoms with van der Waals surface area (Å²) >= 11 is 9.43. The van der Waals surface area contributed by atoms with Crippen molar-refractivity contribution in [2.45, 2.75) is 12.8 Å². The molecule has 3 aliphatic carbocycles. The Kier molecular flexibility index (Phi) is 3.02. The summed E-state index contributed by atoms with van der Waals surface area (Å²) in [6.45, 7) is 0. The number of imide groups is 1. The number of hydrogen-bond donors (Lipinski definition) is 0. The summed E-state index contributed by atoms with van der Waals surface area (Å²) in [4.78, 5) is 26.8. The summed E-state index contributed by atoms with van der Waals surface area (Å²) < 4.78 is 0.756. The molecule has 4 aliphatic rings. The standard InChI is InChI=1S/C16H13BrClNO2/c17-11-6-5-10(7-12(11)18)19-15(20)13-8-1-2-9(4-3-8)14(13)16(19)21/h1-2,5-9,13-14H,3-4H2. The average molecular weight is 367 g/mol. The number of anilines is 1. The van der Waals surface area contributed by atoms with Gasteiger partial charge in [-0.05, 0) is 58.8 Å². The minimum absolute atomic E-state index is 0.0672. The van der Waals surface area contributed by atoms with Crippen LogP contribution in [0.15, 0.2) is 34.8 Å². The third kappa shape index (κ3) is 1.85. The van der Waals surface area contributed by atoms with Crippen molar-refractivity contribution in [2.75, 3.05) is 4.90 Å². The zero-order valence-corrected chi connectivity index (χ0v) is 13.5. The van der Waals surface area contributed by atoms with Gasteiger partial charge in [0.05, 0.1) is 22.5 Å². The van der Waals surface area contributed by atoms with Gasteiger partial charge in [-0.2, -0.15) is 0 Å². The van der Waals surface area contributed by atoms with Crippen LogP contribution in [-0.4, -0.2) is 11.8 Å². The summed E-state index contributed by atoms with van der Waals surface area (Å²) in [5.41, 5.74) is 0.576. The van der Waals surface area contributed by atoms with Crippen LogP contribution in [0, 0.1) is 23.7 Å². The minimum Gasteiger partial charge on any atom is -0.274 e. The monoisotopic (exact) mass is 365 g/mol. The third-order valence-corrected chi connectivity index (χ3v) is 6.15. The molecule has 0 spiro atoms. The number of amides is 2. The highest BCUT2D eigenvalue weighted by Crippen LogP contribution is 2.50. The van der Waals surface area contributed by atoms with E-state index in [0.717, 1.165) is 17.3 Å². The van der Waals surface area contributed by atoms with Crippen molar-refractivity contribution >= 4 is 45.0 Å². The number of carbonyl (C=O) groups is 2. The number of benzene rings is 1. The second-order valence-corrected chi connectivity index (χ2v) is 7.21. The molecule has 1 saturated heterocycles. The topological polar surface area (TPSA) is 37.4 Å². The first-order chi connectivity index (χ1) is 10.1. The van der Waals surface area contributed by atoms with Crippen LogP contribution >= 0.6 is 27.5 Å². The molecular weight excluding hydrogens is 354 g/mol. The lowest BCUT2D eigenvalue weighted by atomic mass is 9.63. The highest BCUT2D eigenvalue weighted by Gasteiger charge is 2.56. The number of rotatable bonds is 1. The van der Waals surface area contributed by atoms with E-state index in [1.165, 1.54) is 4.90 Å². The van der Waals surface area contributed by atoms with E-state index < -0.39 is 0 Å². The number of halogens is 2. The highest BCUT2D eigenvalue weighted by molar-refractivity contribution is 9.10. The van der Waals surface area contributed by atoms with Crippen LogP contribution in [0.1, 0.15) is 12.8 Å². The maximum atomic E-state index is 12.8. The SMILES string of the molecule is O=C1C2C3C=CC(CC3)C2C(=O)N1c1ccc(Br)c(Cl)c1. The Balaban J connectivity index is 1.76. The fourth-order valence-electron chi connectivity index (χ4n) is 3.95. The number of hydrogen-bond acceptors (Lipinski definition) is 2. The molecule has 4 unspecified atom stereocenters. The molecule has 21 heavy (non-hydrogen) atoms. The Hall–Kier alpha value is -1.13. The first-order valence-corrected chi connectivity index (χ1v) is 8.26. The summed E-state index contributed by atoms with van der Waals surface area (Å²) in [6.07, 6.45) is 6.27. The van der Waals surface area contributed by atoms with Gasteiger partial charge in [-0.3, -0.25) is 9.59 Å². The van der Waals surface area contributed by atoms with Crippen LogP contribution in [0.2, 0.25) is 5.02 Å². The predicted molar refractivity (Wildman–Crippen MR) is 84.0 cm³/mol. The van der Waals surface area contributed by atoms with Gasteiger partial charge in [0.2, 0.25) is 11.8 Å². The van der Waals surface area contributed by atoms with Gasteiger partial charge in [-0.25, -0.2) is 4.90 Å². The second kappa shape index (κ2) is 4.68. The Morgan fingerprint density at radius 1 is 1.05 bits per heavy atom. The fraction of sp³-hybridized carbons (Fsp3) is 0.375. The van der Waals surface area contributed by atoms with Gasteiger partial charge in [0, 0.05) is 4.47 Å².